The van der Waals surface area contributed by atoms with Crippen molar-refractivity contribution >= 4 is 40.5 Å². The summed E-state index contributed by atoms with van der Waals surface area (Å²) in [5.41, 5.74) is 2.84. The summed E-state index contributed by atoms with van der Waals surface area (Å²) < 4.78 is 16.1. The topological polar surface area (TPSA) is 92.4 Å². The lowest BCUT2D eigenvalue weighted by atomic mass is 10.1. The van der Waals surface area contributed by atoms with Crippen LogP contribution in [0.3, 0.4) is 0 Å². The number of amides is 2. The maximum Gasteiger partial charge on any atom is 0.262 e. The van der Waals surface area contributed by atoms with E-state index in [2.05, 4.69) is 26.5 Å². The van der Waals surface area contributed by atoms with Gasteiger partial charge in [0, 0.05) is 56.2 Å². The predicted molar refractivity (Wildman–Crippen MR) is 154 cm³/mol. The zero-order chi connectivity index (χ0) is 27.6. The Balaban J connectivity index is 1.45. The van der Waals surface area contributed by atoms with Gasteiger partial charge in [-0.1, -0.05) is 23.7 Å². The van der Waals surface area contributed by atoms with Gasteiger partial charge in [0.2, 0.25) is 0 Å². The number of carbonyl (C=O) groups excluding carboxylic acids is 2. The van der Waals surface area contributed by atoms with Crippen LogP contribution in [0.4, 0.5) is 17.1 Å². The second kappa shape index (κ2) is 13.7. The Morgan fingerprint density at radius 3 is 2.28 bits per heavy atom. The number of para-hydroxylation sites is 2. The van der Waals surface area contributed by atoms with E-state index < -0.39 is 0 Å². The van der Waals surface area contributed by atoms with E-state index in [9.17, 15) is 9.59 Å². The molecule has 39 heavy (non-hydrogen) atoms. The number of nitrogens with zero attached hydrogens (tertiary/aromatic N) is 2. The number of benzene rings is 3. The summed E-state index contributed by atoms with van der Waals surface area (Å²) in [4.78, 5) is 30.2. The molecule has 1 aliphatic heterocycles. The van der Waals surface area contributed by atoms with Gasteiger partial charge in [-0.15, -0.1) is 0 Å². The Bertz CT molecular complexity index is 1260. The van der Waals surface area contributed by atoms with Crippen molar-refractivity contribution in [2.75, 3.05) is 75.3 Å². The number of rotatable bonds is 11. The maximum absolute atomic E-state index is 13.2. The van der Waals surface area contributed by atoms with Crippen LogP contribution >= 0.6 is 11.6 Å². The zero-order valence-corrected chi connectivity index (χ0v) is 22.9. The summed E-state index contributed by atoms with van der Waals surface area (Å²) in [6, 6.07) is 20.1. The molecule has 4 rings (SSSR count). The molecule has 206 valence electrons. The largest absolute Gasteiger partial charge is 0.495 e. The molecule has 0 atom stereocenters. The minimum Gasteiger partial charge on any atom is -0.495 e. The summed E-state index contributed by atoms with van der Waals surface area (Å²) in [5.74, 6) is 0.802. The average molecular weight is 553 g/mol. The first-order valence-electron chi connectivity index (χ1n) is 12.7. The summed E-state index contributed by atoms with van der Waals surface area (Å²) in [6.07, 6.45) is 0. The molecule has 2 amide bonds. The third-order valence-corrected chi connectivity index (χ3v) is 6.60. The number of methoxy groups -OCH3 is 2. The Morgan fingerprint density at radius 1 is 0.897 bits per heavy atom. The Hall–Kier alpha value is -3.95. The number of carbonyl (C=O) groups is 2. The molecule has 0 radical (unpaired) electrons. The number of anilines is 3. The van der Waals surface area contributed by atoms with Gasteiger partial charge in [-0.2, -0.15) is 0 Å². The fourth-order valence-corrected chi connectivity index (χ4v) is 4.52. The van der Waals surface area contributed by atoms with Gasteiger partial charge >= 0.3 is 0 Å². The molecule has 2 N–H and O–H groups in total. The van der Waals surface area contributed by atoms with Crippen LogP contribution in [-0.2, 0) is 9.53 Å². The molecular weight excluding hydrogens is 520 g/mol. The van der Waals surface area contributed by atoms with E-state index in [0.717, 1.165) is 43.3 Å². The van der Waals surface area contributed by atoms with E-state index in [-0.39, 0.29) is 18.4 Å². The molecule has 1 heterocycles. The zero-order valence-electron chi connectivity index (χ0n) is 22.1. The SMILES string of the molecule is COCCNC(=O)c1cc(NC(=O)COc2ccc(Cl)cc2)ccc1N1CCN(c2ccccc2OC)CC1. The molecule has 1 fully saturated rings. The molecule has 0 aliphatic carbocycles. The highest BCUT2D eigenvalue weighted by Crippen LogP contribution is 2.31. The number of nitrogens with one attached hydrogen (secondary N) is 2. The molecule has 3 aromatic rings. The monoisotopic (exact) mass is 552 g/mol. The molecule has 3 aromatic carbocycles. The van der Waals surface area contributed by atoms with Crippen molar-refractivity contribution in [3.8, 4) is 11.5 Å². The molecule has 10 heteroatoms. The first kappa shape index (κ1) is 28.1. The normalized spacial score (nSPS) is 13.1. The van der Waals surface area contributed by atoms with E-state index in [1.807, 2.05) is 24.3 Å². The fraction of sp³-hybridized carbons (Fsp3) is 0.310. The second-order valence-corrected chi connectivity index (χ2v) is 9.35. The summed E-state index contributed by atoms with van der Waals surface area (Å²) >= 11 is 5.89. The first-order chi connectivity index (χ1) is 19.0. The van der Waals surface area contributed by atoms with Crippen molar-refractivity contribution in [2.24, 2.45) is 0 Å². The van der Waals surface area contributed by atoms with Gasteiger partial charge < -0.3 is 34.6 Å². The molecule has 9 nitrogen and oxygen atoms in total. The van der Waals surface area contributed by atoms with Gasteiger partial charge in [-0.05, 0) is 54.6 Å². The molecule has 0 unspecified atom stereocenters. The number of ether oxygens (including phenoxy) is 3. The fourth-order valence-electron chi connectivity index (χ4n) is 4.39. The van der Waals surface area contributed by atoms with Crippen LogP contribution in [0, 0.1) is 0 Å². The minimum atomic E-state index is -0.339. The quantitative estimate of drug-likeness (QED) is 0.346. The molecule has 0 bridgehead atoms. The van der Waals surface area contributed by atoms with Gasteiger partial charge in [0.15, 0.2) is 6.61 Å². The van der Waals surface area contributed by atoms with Crippen molar-refractivity contribution in [3.63, 3.8) is 0 Å². The van der Waals surface area contributed by atoms with Gasteiger partial charge in [-0.25, -0.2) is 0 Å². The third kappa shape index (κ3) is 7.55. The standard InChI is InChI=1S/C29H33ClN4O5/c1-37-18-13-31-29(36)24-19-22(32-28(35)20-39-23-10-7-21(30)8-11-23)9-12-25(24)33-14-16-34(17-15-33)26-5-3-4-6-27(26)38-2/h3-12,19H,13-18,20H2,1-2H3,(H,31,36)(H,32,35). The van der Waals surface area contributed by atoms with Crippen molar-refractivity contribution in [1.29, 1.82) is 0 Å². The smallest absolute Gasteiger partial charge is 0.262 e. The Morgan fingerprint density at radius 2 is 1.59 bits per heavy atom. The summed E-state index contributed by atoms with van der Waals surface area (Å²) in [5, 5.41) is 6.30. The maximum atomic E-state index is 13.2. The Labute approximate surface area is 233 Å². The van der Waals surface area contributed by atoms with E-state index in [0.29, 0.717) is 35.2 Å². The van der Waals surface area contributed by atoms with E-state index in [1.54, 1.807) is 50.6 Å². The predicted octanol–water partition coefficient (Wildman–Crippen LogP) is 4.07. The van der Waals surface area contributed by atoms with Gasteiger partial charge in [0.1, 0.15) is 11.5 Å². The van der Waals surface area contributed by atoms with Crippen molar-refractivity contribution in [2.45, 2.75) is 0 Å². The van der Waals surface area contributed by atoms with Crippen LogP contribution in [0.25, 0.3) is 0 Å². The van der Waals surface area contributed by atoms with Crippen LogP contribution in [-0.4, -0.2) is 72.0 Å². The first-order valence-corrected chi connectivity index (χ1v) is 13.1. The number of piperazine rings is 1. The average Bonchev–Trinajstić information content (AvgIpc) is 2.97. The minimum absolute atomic E-state index is 0.177. The molecule has 1 saturated heterocycles. The van der Waals surface area contributed by atoms with Crippen molar-refractivity contribution in [3.05, 3.63) is 77.3 Å². The Kier molecular flexibility index (Phi) is 9.88. The molecule has 0 saturated carbocycles. The van der Waals surface area contributed by atoms with Gasteiger partial charge in [-0.3, -0.25) is 9.59 Å². The van der Waals surface area contributed by atoms with Gasteiger partial charge in [0.05, 0.1) is 25.0 Å². The molecule has 0 spiro atoms. The lowest BCUT2D eigenvalue weighted by Gasteiger charge is -2.38. The van der Waals surface area contributed by atoms with E-state index >= 15 is 0 Å². The van der Waals surface area contributed by atoms with Crippen LogP contribution in [0.2, 0.25) is 5.02 Å². The number of hydrogen-bond donors (Lipinski definition) is 2. The van der Waals surface area contributed by atoms with E-state index in [1.165, 1.54) is 0 Å². The second-order valence-electron chi connectivity index (χ2n) is 8.92. The lowest BCUT2D eigenvalue weighted by molar-refractivity contribution is -0.118. The molecule has 1 aliphatic rings. The van der Waals surface area contributed by atoms with Crippen LogP contribution in [0.1, 0.15) is 10.4 Å². The van der Waals surface area contributed by atoms with Crippen LogP contribution < -0.4 is 29.9 Å². The highest BCUT2D eigenvalue weighted by atomic mass is 35.5. The number of halogens is 1. The highest BCUT2D eigenvalue weighted by Gasteiger charge is 2.24. The third-order valence-electron chi connectivity index (χ3n) is 6.35. The van der Waals surface area contributed by atoms with E-state index in [4.69, 9.17) is 25.8 Å². The lowest BCUT2D eigenvalue weighted by Crippen LogP contribution is -2.47. The van der Waals surface area contributed by atoms with Crippen LogP contribution in [0.5, 0.6) is 11.5 Å². The summed E-state index contributed by atoms with van der Waals surface area (Å²) in [6.45, 7) is 3.58. The van der Waals surface area contributed by atoms with Crippen LogP contribution in [0.15, 0.2) is 66.7 Å². The number of hydrogen-bond acceptors (Lipinski definition) is 7. The van der Waals surface area contributed by atoms with Gasteiger partial charge in [0.25, 0.3) is 11.8 Å². The van der Waals surface area contributed by atoms with Crippen molar-refractivity contribution < 1.29 is 23.8 Å². The van der Waals surface area contributed by atoms with Crippen molar-refractivity contribution in [1.82, 2.24) is 5.32 Å². The molecular formula is C29H33ClN4O5. The molecule has 0 aromatic heterocycles. The summed E-state index contributed by atoms with van der Waals surface area (Å²) in [7, 11) is 3.26. The highest BCUT2D eigenvalue weighted by molar-refractivity contribution is 6.30.